The Labute approximate surface area is 216 Å². The van der Waals surface area contributed by atoms with E-state index in [4.69, 9.17) is 4.98 Å². The van der Waals surface area contributed by atoms with E-state index >= 15 is 0 Å². The van der Waals surface area contributed by atoms with Gasteiger partial charge in [-0.05, 0) is 53.3 Å². The minimum atomic E-state index is -2.76. The molecule has 0 saturated heterocycles. The quantitative estimate of drug-likeness (QED) is 0.231. The Morgan fingerprint density at radius 3 is 2.44 bits per heavy atom. The van der Waals surface area contributed by atoms with Crippen LogP contribution in [0.3, 0.4) is 0 Å². The molecule has 1 unspecified atom stereocenters. The number of rotatable bonds is 8. The van der Waals surface area contributed by atoms with Crippen molar-refractivity contribution in [2.75, 3.05) is 4.31 Å². The van der Waals surface area contributed by atoms with Gasteiger partial charge in [-0.1, -0.05) is 61.5 Å². The van der Waals surface area contributed by atoms with E-state index in [1.165, 1.54) is 11.3 Å². The van der Waals surface area contributed by atoms with Gasteiger partial charge < -0.3 is 9.12 Å². The minimum Gasteiger partial charge on any atom is -0.755 e. The first-order valence-electron chi connectivity index (χ1n) is 11.7. The molecule has 0 radical (unpaired) electrons. The second-order valence-electron chi connectivity index (χ2n) is 8.37. The van der Waals surface area contributed by atoms with Gasteiger partial charge in [-0.25, -0.2) is 9.29 Å². The van der Waals surface area contributed by atoms with Crippen LogP contribution in [-0.2, 0) is 24.2 Å². The fourth-order valence-corrected chi connectivity index (χ4v) is 5.79. The Hall–Kier alpha value is -3.59. The van der Waals surface area contributed by atoms with Gasteiger partial charge in [0.2, 0.25) is 0 Å². The Kier molecular flexibility index (Phi) is 7.09. The molecule has 0 aliphatic carbocycles. The van der Waals surface area contributed by atoms with Crippen LogP contribution in [0.5, 0.6) is 0 Å². The summed E-state index contributed by atoms with van der Waals surface area (Å²) < 4.78 is 27.3. The molecule has 5 rings (SSSR count). The van der Waals surface area contributed by atoms with Crippen LogP contribution >= 0.6 is 11.3 Å². The standard InChI is InChI=1S/C28H25N3O3S2/c1-2-8-26-29-23-11-6-7-12-24(23)30(26)19-20-13-15-21(16-14-20)27-25(17-18-35-27)31(36(33)34)28(32)22-9-4-3-5-10-22/h3-7,9-18H,2,8,19H2,1H3,(H,33,34)/p-1. The van der Waals surface area contributed by atoms with Gasteiger partial charge in [0.05, 0.1) is 32.9 Å². The van der Waals surface area contributed by atoms with Crippen LogP contribution < -0.4 is 4.31 Å². The molecule has 0 N–H and O–H groups in total. The molecule has 0 fully saturated rings. The normalized spacial score (nSPS) is 12.1. The molecule has 2 heterocycles. The second-order valence-corrected chi connectivity index (χ2v) is 10.1. The zero-order valence-corrected chi connectivity index (χ0v) is 21.3. The summed E-state index contributed by atoms with van der Waals surface area (Å²) >= 11 is -1.36. The lowest BCUT2D eigenvalue weighted by atomic mass is 10.1. The summed E-state index contributed by atoms with van der Waals surface area (Å²) in [6.45, 7) is 2.84. The molecule has 36 heavy (non-hydrogen) atoms. The molecule has 1 atom stereocenters. The van der Waals surface area contributed by atoms with Crippen molar-refractivity contribution < 1.29 is 13.6 Å². The molecule has 3 aromatic carbocycles. The molecule has 1 amide bonds. The van der Waals surface area contributed by atoms with E-state index in [0.717, 1.165) is 50.0 Å². The van der Waals surface area contributed by atoms with E-state index in [2.05, 4.69) is 17.6 Å². The number of amides is 1. The summed E-state index contributed by atoms with van der Waals surface area (Å²) in [6, 6.07) is 26.3. The first-order chi connectivity index (χ1) is 17.6. The van der Waals surface area contributed by atoms with Gasteiger partial charge >= 0.3 is 0 Å². The molecule has 5 aromatic rings. The van der Waals surface area contributed by atoms with Crippen molar-refractivity contribution in [3.05, 3.63) is 107 Å². The van der Waals surface area contributed by atoms with Crippen LogP contribution in [0, 0.1) is 0 Å². The van der Waals surface area contributed by atoms with Crippen molar-refractivity contribution in [1.82, 2.24) is 9.55 Å². The number of fused-ring (bicyclic) bond motifs is 1. The van der Waals surface area contributed by atoms with Gasteiger partial charge in [-0.3, -0.25) is 9.00 Å². The molecule has 0 aliphatic heterocycles. The lowest BCUT2D eigenvalue weighted by Crippen LogP contribution is -2.32. The zero-order chi connectivity index (χ0) is 25.1. The predicted octanol–water partition coefficient (Wildman–Crippen LogP) is 6.21. The average Bonchev–Trinajstić information content (AvgIpc) is 3.50. The SMILES string of the molecule is CCCc1nc2ccccc2n1Cc1ccc(-c2sccc2N(C(=O)c2ccccc2)S(=O)[O-])cc1. The number of aromatic nitrogens is 2. The average molecular weight is 515 g/mol. The first kappa shape index (κ1) is 24.1. The van der Waals surface area contributed by atoms with Crippen LogP contribution in [0.1, 0.15) is 35.1 Å². The fraction of sp³-hybridized carbons (Fsp3) is 0.143. The summed E-state index contributed by atoms with van der Waals surface area (Å²) in [5.41, 5.74) is 4.73. The number of carbonyl (C=O) groups excluding carboxylic acids is 1. The summed E-state index contributed by atoms with van der Waals surface area (Å²) in [5, 5.41) is 1.80. The van der Waals surface area contributed by atoms with Gasteiger partial charge in [0, 0.05) is 18.5 Å². The summed E-state index contributed by atoms with van der Waals surface area (Å²) in [7, 11) is 0. The highest BCUT2D eigenvalue weighted by Crippen LogP contribution is 2.37. The lowest BCUT2D eigenvalue weighted by molar-refractivity contribution is 0.100. The third-order valence-electron chi connectivity index (χ3n) is 5.98. The van der Waals surface area contributed by atoms with Gasteiger partial charge in [0.1, 0.15) is 5.82 Å². The van der Waals surface area contributed by atoms with Crippen LogP contribution in [0.4, 0.5) is 5.69 Å². The topological polar surface area (TPSA) is 78.3 Å². The molecule has 182 valence electrons. The highest BCUT2D eigenvalue weighted by Gasteiger charge is 2.23. The lowest BCUT2D eigenvalue weighted by Gasteiger charge is -2.24. The third kappa shape index (κ3) is 4.75. The van der Waals surface area contributed by atoms with Gasteiger partial charge in [-0.2, -0.15) is 0 Å². The first-order valence-corrected chi connectivity index (χ1v) is 13.6. The number of hydrogen-bond donors (Lipinski definition) is 0. The summed E-state index contributed by atoms with van der Waals surface area (Å²) in [4.78, 5) is 18.6. The van der Waals surface area contributed by atoms with Gasteiger partial charge in [0.15, 0.2) is 0 Å². The number of benzene rings is 3. The molecule has 0 bridgehead atoms. The summed E-state index contributed by atoms with van der Waals surface area (Å²) in [6.07, 6.45) is 1.92. The third-order valence-corrected chi connectivity index (χ3v) is 7.59. The van der Waals surface area contributed by atoms with Gasteiger partial charge in [0.25, 0.3) is 5.91 Å². The maximum absolute atomic E-state index is 13.0. The van der Waals surface area contributed by atoms with Crippen molar-refractivity contribution in [2.24, 2.45) is 0 Å². The van der Waals surface area contributed by atoms with E-state index in [9.17, 15) is 13.6 Å². The van der Waals surface area contributed by atoms with Crippen LogP contribution in [0.15, 0.2) is 90.3 Å². The Morgan fingerprint density at radius 2 is 1.72 bits per heavy atom. The number of anilines is 1. The smallest absolute Gasteiger partial charge is 0.269 e. The van der Waals surface area contributed by atoms with Gasteiger partial charge in [-0.15, -0.1) is 11.3 Å². The number of para-hydroxylation sites is 2. The molecular weight excluding hydrogens is 490 g/mol. The maximum atomic E-state index is 13.0. The molecule has 0 saturated carbocycles. The molecule has 0 aliphatic rings. The largest absolute Gasteiger partial charge is 0.755 e. The fourth-order valence-electron chi connectivity index (χ4n) is 4.29. The van der Waals surface area contributed by atoms with E-state index in [1.807, 2.05) is 42.5 Å². The van der Waals surface area contributed by atoms with Crippen molar-refractivity contribution in [1.29, 1.82) is 0 Å². The monoisotopic (exact) mass is 514 g/mol. The van der Waals surface area contributed by atoms with E-state index in [-0.39, 0.29) is 0 Å². The Morgan fingerprint density at radius 1 is 1.00 bits per heavy atom. The molecule has 8 heteroatoms. The highest BCUT2D eigenvalue weighted by atomic mass is 32.2. The predicted molar refractivity (Wildman–Crippen MR) is 145 cm³/mol. The molecule has 2 aromatic heterocycles. The van der Waals surface area contributed by atoms with Crippen LogP contribution in [-0.4, -0.2) is 24.2 Å². The Balaban J connectivity index is 1.45. The minimum absolute atomic E-state index is 0.310. The highest BCUT2D eigenvalue weighted by molar-refractivity contribution is 7.81. The number of imidazole rings is 1. The Bertz CT molecular complexity index is 1530. The molecule has 0 spiro atoms. The number of thiophene rings is 1. The summed E-state index contributed by atoms with van der Waals surface area (Å²) in [5.74, 6) is 0.479. The molecular formula is C28H24N3O3S2-. The van der Waals surface area contributed by atoms with Crippen LogP contribution in [0.25, 0.3) is 21.5 Å². The van der Waals surface area contributed by atoms with E-state index in [1.54, 1.807) is 41.8 Å². The van der Waals surface area contributed by atoms with Crippen molar-refractivity contribution in [3.63, 3.8) is 0 Å². The number of nitrogens with zero attached hydrogens (tertiary/aromatic N) is 3. The number of carbonyl (C=O) groups is 1. The zero-order valence-electron chi connectivity index (χ0n) is 19.7. The number of aryl methyl sites for hydroxylation is 1. The maximum Gasteiger partial charge on any atom is 0.269 e. The van der Waals surface area contributed by atoms with Crippen molar-refractivity contribution in [3.8, 4) is 10.4 Å². The van der Waals surface area contributed by atoms with Crippen molar-refractivity contribution in [2.45, 2.75) is 26.3 Å². The van der Waals surface area contributed by atoms with Crippen molar-refractivity contribution >= 4 is 45.2 Å². The van der Waals surface area contributed by atoms with E-state index in [0.29, 0.717) is 17.8 Å². The second kappa shape index (κ2) is 10.6. The molecule has 6 nitrogen and oxygen atoms in total. The van der Waals surface area contributed by atoms with E-state index < -0.39 is 17.2 Å². The number of hydrogen-bond acceptors (Lipinski definition) is 5. The van der Waals surface area contributed by atoms with Crippen LogP contribution in [0.2, 0.25) is 0 Å².